The average Bonchev–Trinajstić information content (AvgIpc) is 3.37. The minimum absolute atomic E-state index is 0.0216. The van der Waals surface area contributed by atoms with E-state index in [0.717, 1.165) is 11.1 Å². The van der Waals surface area contributed by atoms with E-state index in [1.807, 2.05) is 0 Å². The van der Waals surface area contributed by atoms with Crippen molar-refractivity contribution in [3.8, 4) is 5.75 Å². The van der Waals surface area contributed by atoms with Crippen LogP contribution in [-0.2, 0) is 17.6 Å². The number of H-pyrrole nitrogens is 1. The fourth-order valence-electron chi connectivity index (χ4n) is 3.09. The summed E-state index contributed by atoms with van der Waals surface area (Å²) in [5.41, 5.74) is 4.77. The number of Topliss-reactive ketones (excluding diaryl/α,β-unsaturated/α-hetero) is 1. The van der Waals surface area contributed by atoms with E-state index in [2.05, 4.69) is 20.3 Å². The van der Waals surface area contributed by atoms with Gasteiger partial charge in [0.2, 0.25) is 0 Å². The number of rotatable bonds is 7. The highest BCUT2D eigenvalue weighted by Gasteiger charge is 2.14. The van der Waals surface area contributed by atoms with Crippen LogP contribution in [0.25, 0.3) is 11.0 Å². The number of nitrogens with zero attached hydrogens (tertiary/aromatic N) is 2. The molecule has 30 heavy (non-hydrogen) atoms. The Labute approximate surface area is 181 Å². The van der Waals surface area contributed by atoms with Crippen LogP contribution in [0.5, 0.6) is 5.75 Å². The number of amides is 1. The van der Waals surface area contributed by atoms with Crippen molar-refractivity contribution in [2.75, 3.05) is 12.4 Å². The van der Waals surface area contributed by atoms with Gasteiger partial charge in [0.1, 0.15) is 23.1 Å². The smallest absolute Gasteiger partial charge is 0.275 e. The summed E-state index contributed by atoms with van der Waals surface area (Å²) in [7, 11) is 1.56. The molecule has 0 aliphatic heterocycles. The Balaban J connectivity index is 1.46. The number of methoxy groups -OCH3 is 1. The summed E-state index contributed by atoms with van der Waals surface area (Å²) in [6.07, 6.45) is 0.334. The van der Waals surface area contributed by atoms with E-state index in [1.54, 1.807) is 54.4 Å². The van der Waals surface area contributed by atoms with Crippen molar-refractivity contribution in [3.63, 3.8) is 0 Å². The van der Waals surface area contributed by atoms with Crippen LogP contribution in [0.4, 0.5) is 5.69 Å². The molecule has 0 unspecified atom stereocenters. The molecule has 4 aromatic rings. The number of carbonyl (C=O) groups excluding carboxylic acids is 2. The molecule has 9 heteroatoms. The SMILES string of the molecule is COc1ccc(Cl)cc1CC(=O)Cc1nc2ccc(NC(=O)c3cscn3)cc2[nH]1. The zero-order valence-electron chi connectivity index (χ0n) is 15.9. The highest BCUT2D eigenvalue weighted by molar-refractivity contribution is 7.07. The van der Waals surface area contributed by atoms with Crippen molar-refractivity contribution in [1.82, 2.24) is 15.0 Å². The summed E-state index contributed by atoms with van der Waals surface area (Å²) in [5.74, 6) is 0.879. The third kappa shape index (κ3) is 4.50. The Morgan fingerprint density at radius 2 is 2.07 bits per heavy atom. The molecule has 0 saturated carbocycles. The molecule has 0 radical (unpaired) electrons. The first-order valence-electron chi connectivity index (χ1n) is 9.04. The minimum Gasteiger partial charge on any atom is -0.496 e. The van der Waals surface area contributed by atoms with Gasteiger partial charge < -0.3 is 15.0 Å². The topological polar surface area (TPSA) is 97.0 Å². The predicted molar refractivity (Wildman–Crippen MR) is 117 cm³/mol. The van der Waals surface area contributed by atoms with Gasteiger partial charge in [0.05, 0.1) is 30.1 Å². The Kier molecular flexibility index (Phi) is 5.78. The van der Waals surface area contributed by atoms with Gasteiger partial charge in [0, 0.05) is 28.1 Å². The minimum atomic E-state index is -0.277. The van der Waals surface area contributed by atoms with Crippen LogP contribution in [-0.4, -0.2) is 33.8 Å². The number of ketones is 1. The summed E-state index contributed by atoms with van der Waals surface area (Å²) in [6, 6.07) is 10.5. The van der Waals surface area contributed by atoms with Gasteiger partial charge >= 0.3 is 0 Å². The van der Waals surface area contributed by atoms with Crippen molar-refractivity contribution < 1.29 is 14.3 Å². The van der Waals surface area contributed by atoms with Crippen molar-refractivity contribution in [3.05, 3.63) is 69.4 Å². The fraction of sp³-hybridized carbons (Fsp3) is 0.143. The Morgan fingerprint density at radius 1 is 1.20 bits per heavy atom. The Morgan fingerprint density at radius 3 is 2.83 bits per heavy atom. The molecular formula is C21H17ClN4O3S. The monoisotopic (exact) mass is 440 g/mol. The first kappa shape index (κ1) is 20.1. The molecule has 2 N–H and O–H groups in total. The van der Waals surface area contributed by atoms with Crippen molar-refractivity contribution in [2.24, 2.45) is 0 Å². The molecule has 2 aromatic carbocycles. The zero-order valence-corrected chi connectivity index (χ0v) is 17.5. The first-order valence-corrected chi connectivity index (χ1v) is 10.4. The normalized spacial score (nSPS) is 10.9. The number of nitrogens with one attached hydrogen (secondary N) is 2. The first-order chi connectivity index (χ1) is 14.5. The molecule has 4 rings (SSSR count). The molecule has 7 nitrogen and oxygen atoms in total. The Bertz CT molecular complexity index is 1220. The lowest BCUT2D eigenvalue weighted by Gasteiger charge is -2.07. The molecule has 0 saturated heterocycles. The third-order valence-electron chi connectivity index (χ3n) is 4.45. The van der Waals surface area contributed by atoms with Crippen LogP contribution < -0.4 is 10.1 Å². The van der Waals surface area contributed by atoms with E-state index in [-0.39, 0.29) is 24.5 Å². The lowest BCUT2D eigenvalue weighted by atomic mass is 10.1. The van der Waals surface area contributed by atoms with Gasteiger partial charge in [-0.25, -0.2) is 9.97 Å². The highest BCUT2D eigenvalue weighted by atomic mass is 35.5. The number of halogens is 1. The molecule has 152 valence electrons. The van der Waals surface area contributed by atoms with E-state index < -0.39 is 0 Å². The molecule has 0 aliphatic rings. The van der Waals surface area contributed by atoms with E-state index in [0.29, 0.717) is 33.5 Å². The van der Waals surface area contributed by atoms with Crippen molar-refractivity contribution in [2.45, 2.75) is 12.8 Å². The molecule has 0 fully saturated rings. The second-order valence-corrected chi connectivity index (χ2v) is 7.75. The number of fused-ring (bicyclic) bond motifs is 1. The molecule has 2 aromatic heterocycles. The lowest BCUT2D eigenvalue weighted by Crippen LogP contribution is -2.11. The van der Waals surface area contributed by atoms with Gasteiger partial charge in [-0.1, -0.05) is 11.6 Å². The van der Waals surface area contributed by atoms with Crippen LogP contribution in [0.3, 0.4) is 0 Å². The van der Waals surface area contributed by atoms with Crippen LogP contribution >= 0.6 is 22.9 Å². The summed E-state index contributed by atoms with van der Waals surface area (Å²) >= 11 is 7.39. The van der Waals surface area contributed by atoms with E-state index in [9.17, 15) is 9.59 Å². The lowest BCUT2D eigenvalue weighted by molar-refractivity contribution is -0.117. The largest absolute Gasteiger partial charge is 0.496 e. The predicted octanol–water partition coefficient (Wildman–Crippen LogP) is 4.29. The van der Waals surface area contributed by atoms with Crippen molar-refractivity contribution >= 4 is 51.3 Å². The van der Waals surface area contributed by atoms with Gasteiger partial charge in [-0.05, 0) is 36.4 Å². The quantitative estimate of drug-likeness (QED) is 0.447. The van der Waals surface area contributed by atoms with Crippen LogP contribution in [0.15, 0.2) is 47.3 Å². The zero-order chi connectivity index (χ0) is 21.1. The Hall–Kier alpha value is -3.23. The van der Waals surface area contributed by atoms with Gasteiger partial charge in [0.25, 0.3) is 5.91 Å². The summed E-state index contributed by atoms with van der Waals surface area (Å²) < 4.78 is 5.30. The maximum absolute atomic E-state index is 12.6. The maximum atomic E-state index is 12.6. The van der Waals surface area contributed by atoms with E-state index in [1.165, 1.54) is 11.3 Å². The number of hydrogen-bond donors (Lipinski definition) is 2. The molecule has 0 atom stereocenters. The molecule has 0 bridgehead atoms. The van der Waals surface area contributed by atoms with Gasteiger partial charge in [-0.3, -0.25) is 9.59 Å². The highest BCUT2D eigenvalue weighted by Crippen LogP contribution is 2.24. The number of thiazole rings is 1. The van der Waals surface area contributed by atoms with Crippen LogP contribution in [0.2, 0.25) is 5.02 Å². The standard InChI is InChI=1S/C21H17ClN4O3S/c1-29-19-5-2-13(22)6-12(19)7-15(27)9-20-25-16-4-3-14(8-17(16)26-20)24-21(28)18-10-30-11-23-18/h2-6,8,10-11H,7,9H2,1H3,(H,24,28)(H,25,26). The molecule has 0 aliphatic carbocycles. The summed E-state index contributed by atoms with van der Waals surface area (Å²) in [5, 5.41) is 5.03. The van der Waals surface area contributed by atoms with Crippen molar-refractivity contribution in [1.29, 1.82) is 0 Å². The number of aromatic nitrogens is 3. The van der Waals surface area contributed by atoms with Gasteiger partial charge in [-0.15, -0.1) is 11.3 Å². The molecule has 2 heterocycles. The number of ether oxygens (including phenoxy) is 1. The molecule has 0 spiro atoms. The van der Waals surface area contributed by atoms with Gasteiger partial charge in [0.15, 0.2) is 0 Å². The second-order valence-electron chi connectivity index (χ2n) is 6.59. The summed E-state index contributed by atoms with van der Waals surface area (Å²) in [4.78, 5) is 36.3. The number of imidazole rings is 1. The number of benzene rings is 2. The number of aromatic amines is 1. The molecular weight excluding hydrogens is 424 g/mol. The molecule has 1 amide bonds. The third-order valence-corrected chi connectivity index (χ3v) is 5.27. The van der Waals surface area contributed by atoms with E-state index >= 15 is 0 Å². The van der Waals surface area contributed by atoms with Crippen LogP contribution in [0.1, 0.15) is 21.9 Å². The number of carbonyl (C=O) groups is 2. The second kappa shape index (κ2) is 8.64. The maximum Gasteiger partial charge on any atom is 0.275 e. The fourth-order valence-corrected chi connectivity index (χ4v) is 3.82. The average molecular weight is 441 g/mol. The number of anilines is 1. The van der Waals surface area contributed by atoms with E-state index in [4.69, 9.17) is 16.3 Å². The van der Waals surface area contributed by atoms with Crippen LogP contribution in [0, 0.1) is 0 Å². The van der Waals surface area contributed by atoms with Gasteiger partial charge in [-0.2, -0.15) is 0 Å². The summed E-state index contributed by atoms with van der Waals surface area (Å²) in [6.45, 7) is 0. The number of hydrogen-bond acceptors (Lipinski definition) is 6.